The lowest BCUT2D eigenvalue weighted by Crippen LogP contribution is -2.30. The Kier molecular flexibility index (Phi) is 4.56. The van der Waals surface area contributed by atoms with Crippen LogP contribution in [0.15, 0.2) is 36.9 Å². The van der Waals surface area contributed by atoms with Crippen LogP contribution in [0.4, 0.5) is 0 Å². The third-order valence-corrected chi connectivity index (χ3v) is 4.84. The summed E-state index contributed by atoms with van der Waals surface area (Å²) in [6.07, 6.45) is 6.43. The number of para-hydroxylation sites is 1. The molecular formula is C18H23N7. The van der Waals surface area contributed by atoms with E-state index in [-0.39, 0.29) is 0 Å². The van der Waals surface area contributed by atoms with E-state index in [1.165, 1.54) is 12.0 Å². The van der Waals surface area contributed by atoms with E-state index in [4.69, 9.17) is 0 Å². The summed E-state index contributed by atoms with van der Waals surface area (Å²) in [6, 6.07) is 8.30. The highest BCUT2D eigenvalue weighted by Crippen LogP contribution is 2.20. The van der Waals surface area contributed by atoms with Crippen molar-refractivity contribution in [3.63, 3.8) is 0 Å². The summed E-state index contributed by atoms with van der Waals surface area (Å²) >= 11 is 0. The summed E-state index contributed by atoms with van der Waals surface area (Å²) in [6.45, 7) is 4.97. The molecule has 0 saturated carbocycles. The second-order valence-electron chi connectivity index (χ2n) is 6.50. The van der Waals surface area contributed by atoms with Gasteiger partial charge < -0.3 is 9.88 Å². The fourth-order valence-electron chi connectivity index (χ4n) is 3.51. The van der Waals surface area contributed by atoms with Crippen LogP contribution >= 0.6 is 0 Å². The zero-order valence-corrected chi connectivity index (χ0v) is 14.5. The van der Waals surface area contributed by atoms with Gasteiger partial charge in [0.1, 0.15) is 24.3 Å². The molecule has 1 unspecified atom stereocenters. The molecule has 0 spiro atoms. The summed E-state index contributed by atoms with van der Waals surface area (Å²) in [7, 11) is 0. The monoisotopic (exact) mass is 337 g/mol. The summed E-state index contributed by atoms with van der Waals surface area (Å²) in [5.74, 6) is 2.87. The molecule has 1 aromatic carbocycles. The van der Waals surface area contributed by atoms with Gasteiger partial charge in [0.25, 0.3) is 0 Å². The minimum Gasteiger partial charge on any atom is -0.315 e. The summed E-state index contributed by atoms with van der Waals surface area (Å²) < 4.78 is 4.12. The van der Waals surface area contributed by atoms with Crippen molar-refractivity contribution in [1.82, 2.24) is 34.8 Å². The van der Waals surface area contributed by atoms with Crippen molar-refractivity contribution < 1.29 is 0 Å². The second kappa shape index (κ2) is 7.14. The molecule has 0 aliphatic carbocycles. The van der Waals surface area contributed by atoms with Gasteiger partial charge in [-0.2, -0.15) is 5.10 Å². The molecule has 7 heteroatoms. The highest BCUT2D eigenvalue weighted by Gasteiger charge is 2.22. The van der Waals surface area contributed by atoms with Crippen molar-refractivity contribution in [2.75, 3.05) is 6.54 Å². The maximum Gasteiger partial charge on any atom is 0.138 e. The van der Waals surface area contributed by atoms with Gasteiger partial charge in [0.15, 0.2) is 0 Å². The average Bonchev–Trinajstić information content (AvgIpc) is 3.31. The number of nitrogens with zero attached hydrogens (tertiary/aromatic N) is 6. The van der Waals surface area contributed by atoms with E-state index in [9.17, 15) is 0 Å². The molecule has 4 rings (SSSR count). The first-order chi connectivity index (χ1) is 12.3. The lowest BCUT2D eigenvalue weighted by atomic mass is 9.99. The first-order valence-electron chi connectivity index (χ1n) is 8.89. The lowest BCUT2D eigenvalue weighted by molar-refractivity contribution is 0.342. The van der Waals surface area contributed by atoms with Crippen LogP contribution in [0.5, 0.6) is 0 Å². The first-order valence-corrected chi connectivity index (χ1v) is 8.89. The van der Waals surface area contributed by atoms with Crippen LogP contribution < -0.4 is 5.32 Å². The van der Waals surface area contributed by atoms with Crippen LogP contribution in [0.3, 0.4) is 0 Å². The second-order valence-corrected chi connectivity index (χ2v) is 6.50. The van der Waals surface area contributed by atoms with Gasteiger partial charge in [0.2, 0.25) is 0 Å². The molecule has 3 heterocycles. The SMILES string of the molecule is CCc1nnc2n1CC(CNCc1ccccc1-n1cncn1)CC2. The molecule has 0 bridgehead atoms. The summed E-state index contributed by atoms with van der Waals surface area (Å²) in [5, 5.41) is 16.5. The van der Waals surface area contributed by atoms with Crippen molar-refractivity contribution in [2.24, 2.45) is 5.92 Å². The molecule has 1 aliphatic heterocycles. The van der Waals surface area contributed by atoms with Gasteiger partial charge in [-0.1, -0.05) is 25.1 Å². The number of rotatable bonds is 6. The zero-order valence-electron chi connectivity index (χ0n) is 14.5. The van der Waals surface area contributed by atoms with E-state index in [1.807, 2.05) is 10.7 Å². The van der Waals surface area contributed by atoms with Gasteiger partial charge in [-0.05, 0) is 30.5 Å². The van der Waals surface area contributed by atoms with Crippen molar-refractivity contribution in [2.45, 2.75) is 39.3 Å². The number of aromatic nitrogens is 6. The van der Waals surface area contributed by atoms with Gasteiger partial charge >= 0.3 is 0 Å². The molecule has 0 saturated heterocycles. The van der Waals surface area contributed by atoms with Gasteiger partial charge in [0.05, 0.1) is 5.69 Å². The molecular weight excluding hydrogens is 314 g/mol. The Labute approximate surface area is 147 Å². The number of aryl methyl sites for hydroxylation is 2. The summed E-state index contributed by atoms with van der Waals surface area (Å²) in [5.41, 5.74) is 2.30. The fourth-order valence-corrected chi connectivity index (χ4v) is 3.51. The van der Waals surface area contributed by atoms with Crippen LogP contribution in [-0.4, -0.2) is 36.1 Å². The standard InChI is InChI=1S/C18H23N7/c1-2-17-22-23-18-8-7-14(11-24(17)18)9-19-10-15-5-3-4-6-16(15)25-13-20-12-21-25/h3-6,12-14,19H,2,7-11H2,1H3. The lowest BCUT2D eigenvalue weighted by Gasteiger charge is -2.24. The summed E-state index contributed by atoms with van der Waals surface area (Å²) in [4.78, 5) is 4.04. The van der Waals surface area contributed by atoms with Crippen LogP contribution in [0.2, 0.25) is 0 Å². The molecule has 25 heavy (non-hydrogen) atoms. The number of hydrogen-bond donors (Lipinski definition) is 1. The highest BCUT2D eigenvalue weighted by molar-refractivity contribution is 5.39. The quantitative estimate of drug-likeness (QED) is 0.742. The Morgan fingerprint density at radius 3 is 3.00 bits per heavy atom. The van der Waals surface area contributed by atoms with Crippen molar-refractivity contribution in [3.8, 4) is 5.69 Å². The van der Waals surface area contributed by atoms with E-state index in [1.54, 1.807) is 12.7 Å². The third-order valence-electron chi connectivity index (χ3n) is 4.84. The molecule has 1 N–H and O–H groups in total. The number of hydrogen-bond acceptors (Lipinski definition) is 5. The molecule has 2 aromatic heterocycles. The molecule has 1 atom stereocenters. The Bertz CT molecular complexity index is 808. The normalized spacial score (nSPS) is 16.8. The number of fused-ring (bicyclic) bond motifs is 1. The molecule has 130 valence electrons. The van der Waals surface area contributed by atoms with Crippen LogP contribution in [0, 0.1) is 5.92 Å². The third kappa shape index (κ3) is 3.32. The van der Waals surface area contributed by atoms with Crippen molar-refractivity contribution in [1.29, 1.82) is 0 Å². The Hall–Kier alpha value is -2.54. The maximum atomic E-state index is 4.31. The van der Waals surface area contributed by atoms with Gasteiger partial charge in [-0.3, -0.25) is 0 Å². The smallest absolute Gasteiger partial charge is 0.138 e. The van der Waals surface area contributed by atoms with Crippen LogP contribution in [-0.2, 0) is 25.9 Å². The largest absolute Gasteiger partial charge is 0.315 e. The predicted molar refractivity (Wildman–Crippen MR) is 94.3 cm³/mol. The highest BCUT2D eigenvalue weighted by atomic mass is 15.3. The molecule has 0 fully saturated rings. The number of benzene rings is 1. The first kappa shape index (κ1) is 16.0. The van der Waals surface area contributed by atoms with Gasteiger partial charge in [-0.15, -0.1) is 10.2 Å². The minimum absolute atomic E-state index is 0.618. The fraction of sp³-hybridized carbons (Fsp3) is 0.444. The van der Waals surface area contributed by atoms with E-state index in [0.29, 0.717) is 5.92 Å². The molecule has 3 aromatic rings. The molecule has 0 amide bonds. The van der Waals surface area contributed by atoms with E-state index in [0.717, 1.165) is 49.8 Å². The minimum atomic E-state index is 0.618. The van der Waals surface area contributed by atoms with E-state index >= 15 is 0 Å². The van der Waals surface area contributed by atoms with Crippen LogP contribution in [0.25, 0.3) is 5.69 Å². The Morgan fingerprint density at radius 1 is 1.24 bits per heavy atom. The van der Waals surface area contributed by atoms with Gasteiger partial charge in [0, 0.05) is 25.9 Å². The Balaban J connectivity index is 1.38. The zero-order chi connectivity index (χ0) is 17.1. The van der Waals surface area contributed by atoms with Crippen molar-refractivity contribution in [3.05, 3.63) is 54.1 Å². The molecule has 1 aliphatic rings. The molecule has 0 radical (unpaired) electrons. The maximum absolute atomic E-state index is 4.31. The average molecular weight is 337 g/mol. The predicted octanol–water partition coefficient (Wildman–Crippen LogP) is 1.77. The Morgan fingerprint density at radius 2 is 2.16 bits per heavy atom. The van der Waals surface area contributed by atoms with Crippen LogP contribution in [0.1, 0.15) is 30.6 Å². The van der Waals surface area contributed by atoms with Crippen molar-refractivity contribution >= 4 is 0 Å². The van der Waals surface area contributed by atoms with Gasteiger partial charge in [-0.25, -0.2) is 9.67 Å². The topological polar surface area (TPSA) is 73.5 Å². The van der Waals surface area contributed by atoms with E-state index < -0.39 is 0 Å². The van der Waals surface area contributed by atoms with E-state index in [2.05, 4.69) is 55.3 Å². The molecule has 7 nitrogen and oxygen atoms in total. The number of nitrogens with one attached hydrogen (secondary N) is 1.